The van der Waals surface area contributed by atoms with Crippen LogP contribution >= 0.6 is 0 Å². The Morgan fingerprint density at radius 3 is 2.07 bits per heavy atom. The lowest BCUT2D eigenvalue weighted by Gasteiger charge is -2.34. The molecule has 0 aromatic carbocycles. The lowest BCUT2D eigenvalue weighted by Crippen LogP contribution is -2.50. The lowest BCUT2D eigenvalue weighted by molar-refractivity contribution is -0.143. The maximum Gasteiger partial charge on any atom is 0.306 e. The molecule has 2 aliphatic rings. The highest BCUT2D eigenvalue weighted by atomic mass is 32.2. The second-order valence-corrected chi connectivity index (χ2v) is 5.72. The minimum atomic E-state index is -3.67. The zero-order valence-corrected chi connectivity index (χ0v) is 8.98. The number of rotatable bonds is 2. The topological polar surface area (TPSA) is 101 Å². The minimum absolute atomic E-state index is 0.208. The molecule has 0 aliphatic carbocycles. The zero-order valence-electron chi connectivity index (χ0n) is 8.17. The second kappa shape index (κ2) is 3.43. The van der Waals surface area contributed by atoms with E-state index in [0.29, 0.717) is 12.8 Å². The van der Waals surface area contributed by atoms with Crippen molar-refractivity contribution >= 4 is 16.2 Å². The second-order valence-electron chi connectivity index (χ2n) is 4.27. The Morgan fingerprint density at radius 2 is 1.73 bits per heavy atom. The van der Waals surface area contributed by atoms with Gasteiger partial charge in [-0.2, -0.15) is 12.7 Å². The summed E-state index contributed by atoms with van der Waals surface area (Å²) in [5, 5.41) is 14.0. The molecule has 2 saturated heterocycles. The van der Waals surface area contributed by atoms with E-state index in [4.69, 9.17) is 10.2 Å². The summed E-state index contributed by atoms with van der Waals surface area (Å²) in [5.41, 5.74) is 0. The maximum atomic E-state index is 11.3. The number of carboxylic acid groups (broad SMARTS) is 1. The molecule has 2 aliphatic heterocycles. The normalized spacial score (nSPS) is 36.7. The highest BCUT2D eigenvalue weighted by molar-refractivity contribution is 7.86. The number of nitrogens with zero attached hydrogens (tertiary/aromatic N) is 1. The van der Waals surface area contributed by atoms with E-state index in [-0.39, 0.29) is 12.1 Å². The van der Waals surface area contributed by atoms with Crippen molar-refractivity contribution in [1.82, 2.24) is 4.31 Å². The standard InChI is InChI=1S/C8H14N2O4S/c9-15(13,14)10-6-1-2-7(10)4-5(3-6)8(11)12/h5-7H,1-4H2,(H,11,12)(H2,9,13,14). The first-order valence-electron chi connectivity index (χ1n) is 4.93. The van der Waals surface area contributed by atoms with Crippen LogP contribution < -0.4 is 5.14 Å². The van der Waals surface area contributed by atoms with E-state index in [1.807, 2.05) is 0 Å². The monoisotopic (exact) mass is 234 g/mol. The summed E-state index contributed by atoms with van der Waals surface area (Å²) < 4.78 is 23.9. The molecule has 2 rings (SSSR count). The summed E-state index contributed by atoms with van der Waals surface area (Å²) in [6, 6.07) is -0.417. The predicted octanol–water partition coefficient (Wildman–Crippen LogP) is -0.482. The first kappa shape index (κ1) is 10.8. The van der Waals surface area contributed by atoms with Gasteiger partial charge in [-0.15, -0.1) is 0 Å². The molecule has 2 unspecified atom stereocenters. The van der Waals surface area contributed by atoms with E-state index in [1.165, 1.54) is 4.31 Å². The SMILES string of the molecule is NS(=O)(=O)N1C2CCC1CC(C(=O)O)C2. The van der Waals surface area contributed by atoms with Gasteiger partial charge in [0.1, 0.15) is 0 Å². The highest BCUT2D eigenvalue weighted by Crippen LogP contribution is 2.39. The fraction of sp³-hybridized carbons (Fsp3) is 0.875. The number of piperidine rings is 1. The molecule has 15 heavy (non-hydrogen) atoms. The van der Waals surface area contributed by atoms with Crippen molar-refractivity contribution in [2.45, 2.75) is 37.8 Å². The van der Waals surface area contributed by atoms with Gasteiger partial charge < -0.3 is 5.11 Å². The van der Waals surface area contributed by atoms with Crippen LogP contribution in [0.2, 0.25) is 0 Å². The molecular weight excluding hydrogens is 220 g/mol. The Balaban J connectivity index is 2.21. The Hall–Kier alpha value is -0.660. The van der Waals surface area contributed by atoms with Crippen LogP contribution in [0.1, 0.15) is 25.7 Å². The summed E-state index contributed by atoms with van der Waals surface area (Å²) in [7, 11) is -3.67. The molecule has 3 N–H and O–H groups in total. The van der Waals surface area contributed by atoms with Crippen LogP contribution in [0.5, 0.6) is 0 Å². The van der Waals surface area contributed by atoms with Gasteiger partial charge in [-0.1, -0.05) is 0 Å². The van der Waals surface area contributed by atoms with Crippen molar-refractivity contribution in [3.63, 3.8) is 0 Å². The fourth-order valence-corrected chi connectivity index (χ4v) is 3.97. The van der Waals surface area contributed by atoms with E-state index in [0.717, 1.165) is 12.8 Å². The molecule has 0 amide bonds. The molecule has 86 valence electrons. The van der Waals surface area contributed by atoms with Gasteiger partial charge in [-0.25, -0.2) is 5.14 Å². The van der Waals surface area contributed by atoms with Crippen LogP contribution in [0, 0.1) is 5.92 Å². The number of nitrogens with two attached hydrogens (primary N) is 1. The van der Waals surface area contributed by atoms with Gasteiger partial charge in [-0.3, -0.25) is 4.79 Å². The van der Waals surface area contributed by atoms with Crippen LogP contribution in [-0.2, 0) is 15.0 Å². The summed E-state index contributed by atoms with van der Waals surface area (Å²) in [5.74, 6) is -1.25. The molecule has 2 heterocycles. The first-order chi connectivity index (χ1) is 6.89. The summed E-state index contributed by atoms with van der Waals surface area (Å²) >= 11 is 0. The fourth-order valence-electron chi connectivity index (χ4n) is 2.75. The summed E-state index contributed by atoms with van der Waals surface area (Å²) in [4.78, 5) is 10.8. The number of carbonyl (C=O) groups is 1. The highest BCUT2D eigenvalue weighted by Gasteiger charge is 2.47. The molecule has 0 aromatic heterocycles. The quantitative estimate of drug-likeness (QED) is 0.673. The van der Waals surface area contributed by atoms with E-state index in [1.54, 1.807) is 0 Å². The van der Waals surface area contributed by atoms with E-state index in [2.05, 4.69) is 0 Å². The Labute approximate surface area is 88.2 Å². The van der Waals surface area contributed by atoms with Gasteiger partial charge in [0.05, 0.1) is 5.92 Å². The Morgan fingerprint density at radius 1 is 1.27 bits per heavy atom. The number of hydrogen-bond donors (Lipinski definition) is 2. The van der Waals surface area contributed by atoms with E-state index in [9.17, 15) is 13.2 Å². The average molecular weight is 234 g/mol. The van der Waals surface area contributed by atoms with E-state index >= 15 is 0 Å². The maximum absolute atomic E-state index is 11.3. The van der Waals surface area contributed by atoms with E-state index < -0.39 is 22.1 Å². The van der Waals surface area contributed by atoms with Crippen molar-refractivity contribution in [3.8, 4) is 0 Å². The summed E-state index contributed by atoms with van der Waals surface area (Å²) in [6.07, 6.45) is 2.24. The minimum Gasteiger partial charge on any atom is -0.481 e. The predicted molar refractivity (Wildman–Crippen MR) is 52.1 cm³/mol. The molecule has 2 fully saturated rings. The lowest BCUT2D eigenvalue weighted by atomic mass is 9.93. The van der Waals surface area contributed by atoms with Gasteiger partial charge in [0, 0.05) is 12.1 Å². The van der Waals surface area contributed by atoms with Crippen LogP contribution in [0.15, 0.2) is 0 Å². The molecule has 2 atom stereocenters. The molecule has 0 saturated carbocycles. The third-order valence-corrected chi connectivity index (χ3v) is 4.49. The number of fused-ring (bicyclic) bond motifs is 2. The third kappa shape index (κ3) is 1.86. The third-order valence-electron chi connectivity index (χ3n) is 3.31. The van der Waals surface area contributed by atoms with Gasteiger partial charge in [-0.05, 0) is 25.7 Å². The Bertz CT molecular complexity index is 366. The molecule has 6 nitrogen and oxygen atoms in total. The van der Waals surface area contributed by atoms with Crippen molar-refractivity contribution in [2.24, 2.45) is 11.1 Å². The van der Waals surface area contributed by atoms with Crippen molar-refractivity contribution < 1.29 is 18.3 Å². The zero-order chi connectivity index (χ0) is 11.2. The molecular formula is C8H14N2O4S. The van der Waals surface area contributed by atoms with Crippen molar-refractivity contribution in [1.29, 1.82) is 0 Å². The smallest absolute Gasteiger partial charge is 0.306 e. The van der Waals surface area contributed by atoms with Gasteiger partial charge in [0.25, 0.3) is 10.2 Å². The first-order valence-corrected chi connectivity index (χ1v) is 6.44. The molecule has 0 aromatic rings. The van der Waals surface area contributed by atoms with Gasteiger partial charge in [0.15, 0.2) is 0 Å². The average Bonchev–Trinajstić information content (AvgIpc) is 2.37. The van der Waals surface area contributed by atoms with Crippen LogP contribution in [0.3, 0.4) is 0 Å². The summed E-state index contributed by atoms with van der Waals surface area (Å²) in [6.45, 7) is 0. The van der Waals surface area contributed by atoms with Crippen molar-refractivity contribution in [2.75, 3.05) is 0 Å². The van der Waals surface area contributed by atoms with Crippen molar-refractivity contribution in [3.05, 3.63) is 0 Å². The largest absolute Gasteiger partial charge is 0.481 e. The number of aliphatic carboxylic acids is 1. The Kier molecular flexibility index (Phi) is 2.48. The van der Waals surface area contributed by atoms with Gasteiger partial charge >= 0.3 is 5.97 Å². The van der Waals surface area contributed by atoms with Crippen LogP contribution in [-0.4, -0.2) is 35.9 Å². The molecule has 0 radical (unpaired) electrons. The molecule has 7 heteroatoms. The van der Waals surface area contributed by atoms with Crippen LogP contribution in [0.25, 0.3) is 0 Å². The number of hydrogen-bond acceptors (Lipinski definition) is 3. The van der Waals surface area contributed by atoms with Gasteiger partial charge in [0.2, 0.25) is 0 Å². The number of carboxylic acids is 1. The van der Waals surface area contributed by atoms with Crippen LogP contribution in [0.4, 0.5) is 0 Å². The molecule has 0 spiro atoms. The molecule has 2 bridgehead atoms.